The molecule has 0 saturated carbocycles. The van der Waals surface area contributed by atoms with E-state index in [9.17, 15) is 20.3 Å². The molecule has 7 heteroatoms. The highest BCUT2D eigenvalue weighted by Crippen LogP contribution is 2.32. The van der Waals surface area contributed by atoms with Crippen molar-refractivity contribution >= 4 is 11.4 Å². The van der Waals surface area contributed by atoms with Crippen LogP contribution in [-0.4, -0.2) is 34.8 Å². The fourth-order valence-electron chi connectivity index (χ4n) is 1.69. The molecule has 7 nitrogen and oxygen atoms in total. The number of nitrogen functional groups attached to an aromatic ring is 1. The van der Waals surface area contributed by atoms with Gasteiger partial charge in [-0.05, 0) is 32.1 Å². The number of benzene rings is 1. The van der Waals surface area contributed by atoms with Crippen LogP contribution in [0.5, 0.6) is 0 Å². The average molecular weight is 255 g/mol. The molecule has 0 heterocycles. The third-order valence-electron chi connectivity index (χ3n) is 2.65. The van der Waals surface area contributed by atoms with Gasteiger partial charge in [0.1, 0.15) is 11.8 Å². The van der Waals surface area contributed by atoms with Crippen molar-refractivity contribution in [2.45, 2.75) is 18.6 Å². The Morgan fingerprint density at radius 3 is 2.72 bits per heavy atom. The van der Waals surface area contributed by atoms with Gasteiger partial charge in [-0.3, -0.25) is 10.1 Å². The van der Waals surface area contributed by atoms with E-state index in [1.807, 2.05) is 0 Å². The third-order valence-corrected chi connectivity index (χ3v) is 2.65. The van der Waals surface area contributed by atoms with Crippen molar-refractivity contribution in [3.8, 4) is 0 Å². The van der Waals surface area contributed by atoms with Crippen molar-refractivity contribution in [2.24, 2.45) is 0 Å². The Kier molecular flexibility index (Phi) is 5.02. The molecule has 2 atom stereocenters. The Labute approximate surface area is 104 Å². The largest absolute Gasteiger partial charge is 0.393 e. The topological polar surface area (TPSA) is 122 Å². The predicted octanol–water partition coefficient (Wildman–Crippen LogP) is 0.181. The summed E-state index contributed by atoms with van der Waals surface area (Å²) in [6.07, 6.45) is -2.14. The Morgan fingerprint density at radius 2 is 2.17 bits per heavy atom. The van der Waals surface area contributed by atoms with Gasteiger partial charge in [0.2, 0.25) is 0 Å². The summed E-state index contributed by atoms with van der Waals surface area (Å²) in [5, 5.41) is 33.4. The summed E-state index contributed by atoms with van der Waals surface area (Å²) < 4.78 is 0. The summed E-state index contributed by atoms with van der Waals surface area (Å²) in [5.41, 5.74) is 5.16. The Bertz CT molecular complexity index is 425. The van der Waals surface area contributed by atoms with Gasteiger partial charge in [-0.1, -0.05) is 6.07 Å². The van der Waals surface area contributed by atoms with Crippen molar-refractivity contribution in [3.05, 3.63) is 33.9 Å². The number of nitrogens with two attached hydrogens (primary N) is 1. The van der Waals surface area contributed by atoms with Crippen LogP contribution in [0.1, 0.15) is 18.1 Å². The van der Waals surface area contributed by atoms with E-state index in [2.05, 4.69) is 5.32 Å². The number of nitrogens with zero attached hydrogens (tertiary/aromatic N) is 1. The number of nitro benzene ring substituents is 1. The quantitative estimate of drug-likeness (QED) is 0.327. The fourth-order valence-corrected chi connectivity index (χ4v) is 1.69. The second-order valence-electron chi connectivity index (χ2n) is 3.95. The molecule has 2 unspecified atom stereocenters. The molecule has 0 aliphatic heterocycles. The first-order valence-corrected chi connectivity index (χ1v) is 5.52. The van der Waals surface area contributed by atoms with Crippen molar-refractivity contribution in [1.29, 1.82) is 0 Å². The number of hydrogen-bond donors (Lipinski definition) is 4. The van der Waals surface area contributed by atoms with Gasteiger partial charge in [0, 0.05) is 0 Å². The molecule has 0 aliphatic rings. The van der Waals surface area contributed by atoms with E-state index < -0.39 is 17.1 Å². The van der Waals surface area contributed by atoms with Crippen LogP contribution in [0, 0.1) is 10.1 Å². The summed E-state index contributed by atoms with van der Waals surface area (Å²) in [6.45, 7) is 0.494. The van der Waals surface area contributed by atoms with Crippen LogP contribution in [0.2, 0.25) is 0 Å². The van der Waals surface area contributed by atoms with Crippen LogP contribution >= 0.6 is 0 Å². The normalized spacial score (nSPS) is 14.2. The third kappa shape index (κ3) is 3.16. The van der Waals surface area contributed by atoms with Gasteiger partial charge < -0.3 is 21.3 Å². The highest BCUT2D eigenvalue weighted by Gasteiger charge is 2.27. The summed E-state index contributed by atoms with van der Waals surface area (Å²) in [4.78, 5) is 10.3. The van der Waals surface area contributed by atoms with Crippen LogP contribution in [0.25, 0.3) is 0 Å². The van der Waals surface area contributed by atoms with Crippen molar-refractivity contribution in [3.63, 3.8) is 0 Å². The number of rotatable bonds is 6. The van der Waals surface area contributed by atoms with Crippen molar-refractivity contribution in [2.75, 3.05) is 19.3 Å². The van der Waals surface area contributed by atoms with E-state index in [-0.39, 0.29) is 23.4 Å². The van der Waals surface area contributed by atoms with E-state index in [1.54, 1.807) is 7.05 Å². The van der Waals surface area contributed by atoms with Crippen LogP contribution in [0.15, 0.2) is 18.2 Å². The van der Waals surface area contributed by atoms with Crippen LogP contribution in [-0.2, 0) is 0 Å². The molecule has 1 aromatic carbocycles. The van der Waals surface area contributed by atoms with Gasteiger partial charge in [-0.15, -0.1) is 0 Å². The molecule has 1 aromatic rings. The standard InChI is InChI=1S/C11H17N3O4/c1-13-6-5-9(15)11(16)7-3-2-4-8(12)10(7)14(17)18/h2-4,9,11,13,15-16H,5-6,12H2,1H3. The number of para-hydroxylation sites is 1. The molecular weight excluding hydrogens is 238 g/mol. The maximum absolute atomic E-state index is 10.9. The summed E-state index contributed by atoms with van der Waals surface area (Å²) >= 11 is 0. The number of nitro groups is 1. The Hall–Kier alpha value is -1.70. The zero-order valence-corrected chi connectivity index (χ0v) is 10.0. The molecule has 0 spiro atoms. The predicted molar refractivity (Wildman–Crippen MR) is 67.0 cm³/mol. The number of nitrogens with one attached hydrogen (secondary N) is 1. The highest BCUT2D eigenvalue weighted by molar-refractivity contribution is 5.63. The van der Waals surface area contributed by atoms with E-state index in [1.165, 1.54) is 18.2 Å². The van der Waals surface area contributed by atoms with Crippen molar-refractivity contribution < 1.29 is 15.1 Å². The first-order chi connectivity index (χ1) is 8.49. The average Bonchev–Trinajstić information content (AvgIpc) is 2.34. The minimum atomic E-state index is -1.33. The lowest BCUT2D eigenvalue weighted by Crippen LogP contribution is -2.24. The SMILES string of the molecule is CNCCC(O)C(O)c1cccc(N)c1[N+](=O)[O-]. The molecule has 0 fully saturated rings. The molecule has 100 valence electrons. The number of aliphatic hydroxyl groups is 2. The van der Waals surface area contributed by atoms with E-state index in [4.69, 9.17) is 5.73 Å². The Balaban J connectivity index is 3.01. The molecule has 0 bridgehead atoms. The van der Waals surface area contributed by atoms with Gasteiger partial charge in [0.25, 0.3) is 5.69 Å². The number of anilines is 1. The zero-order chi connectivity index (χ0) is 13.7. The number of aliphatic hydroxyl groups excluding tert-OH is 2. The van der Waals surface area contributed by atoms with Gasteiger partial charge >= 0.3 is 0 Å². The van der Waals surface area contributed by atoms with E-state index >= 15 is 0 Å². The molecular formula is C11H17N3O4. The van der Waals surface area contributed by atoms with Crippen LogP contribution in [0.4, 0.5) is 11.4 Å². The lowest BCUT2D eigenvalue weighted by molar-refractivity contribution is -0.385. The summed E-state index contributed by atoms with van der Waals surface area (Å²) in [6, 6.07) is 4.28. The fraction of sp³-hybridized carbons (Fsp3) is 0.455. The lowest BCUT2D eigenvalue weighted by atomic mass is 9.99. The van der Waals surface area contributed by atoms with Crippen LogP contribution < -0.4 is 11.1 Å². The van der Waals surface area contributed by atoms with Gasteiger partial charge in [-0.25, -0.2) is 0 Å². The van der Waals surface area contributed by atoms with Crippen LogP contribution in [0.3, 0.4) is 0 Å². The zero-order valence-electron chi connectivity index (χ0n) is 10.0. The minimum Gasteiger partial charge on any atom is -0.393 e. The molecule has 0 amide bonds. The highest BCUT2D eigenvalue weighted by atomic mass is 16.6. The summed E-state index contributed by atoms with van der Waals surface area (Å²) in [5.74, 6) is 0. The second kappa shape index (κ2) is 6.29. The second-order valence-corrected chi connectivity index (χ2v) is 3.95. The minimum absolute atomic E-state index is 0.0302. The smallest absolute Gasteiger partial charge is 0.297 e. The molecule has 0 radical (unpaired) electrons. The molecule has 0 saturated heterocycles. The van der Waals surface area contributed by atoms with Gasteiger partial charge in [0.15, 0.2) is 0 Å². The molecule has 1 rings (SSSR count). The van der Waals surface area contributed by atoms with Gasteiger partial charge in [-0.2, -0.15) is 0 Å². The van der Waals surface area contributed by atoms with Crippen molar-refractivity contribution in [1.82, 2.24) is 5.32 Å². The first-order valence-electron chi connectivity index (χ1n) is 5.52. The molecule has 18 heavy (non-hydrogen) atoms. The monoisotopic (exact) mass is 255 g/mol. The number of hydrogen-bond acceptors (Lipinski definition) is 6. The molecule has 0 aliphatic carbocycles. The maximum Gasteiger partial charge on any atom is 0.297 e. The lowest BCUT2D eigenvalue weighted by Gasteiger charge is -2.18. The molecule has 0 aromatic heterocycles. The first kappa shape index (κ1) is 14.4. The Morgan fingerprint density at radius 1 is 1.50 bits per heavy atom. The molecule has 5 N–H and O–H groups in total. The van der Waals surface area contributed by atoms with E-state index in [0.717, 1.165) is 0 Å². The van der Waals surface area contributed by atoms with Gasteiger partial charge in [0.05, 0.1) is 16.6 Å². The van der Waals surface area contributed by atoms with E-state index in [0.29, 0.717) is 6.54 Å². The maximum atomic E-state index is 10.9. The summed E-state index contributed by atoms with van der Waals surface area (Å²) in [7, 11) is 1.71.